The maximum atomic E-state index is 12.2. The Balaban J connectivity index is 3.08. The van der Waals surface area contributed by atoms with Crippen LogP contribution < -0.4 is 0 Å². The molecule has 0 bridgehead atoms. The van der Waals surface area contributed by atoms with Gasteiger partial charge in [-0.1, -0.05) is 6.92 Å². The quantitative estimate of drug-likeness (QED) is 0.737. The Labute approximate surface area is 78.8 Å². The second-order valence-corrected chi connectivity index (χ2v) is 2.69. The number of hydrogen-bond acceptors (Lipinski definition) is 2. The topological polar surface area (TPSA) is 41.6 Å². The van der Waals surface area contributed by atoms with Crippen molar-refractivity contribution in [3.63, 3.8) is 0 Å². The molecule has 0 radical (unpaired) electrons. The molecule has 0 unspecified atom stereocenters. The lowest BCUT2D eigenvalue weighted by Crippen LogP contribution is -2.08. The molecule has 1 heterocycles. The van der Waals surface area contributed by atoms with Gasteiger partial charge in [0.2, 0.25) is 0 Å². The van der Waals surface area contributed by atoms with Crippen LogP contribution in [0, 0.1) is 11.3 Å². The summed E-state index contributed by atoms with van der Waals surface area (Å²) in [6.45, 7) is 1.56. The van der Waals surface area contributed by atoms with Gasteiger partial charge in [0.25, 0.3) is 0 Å². The molecule has 0 aliphatic carbocycles. The van der Waals surface area contributed by atoms with Crippen molar-refractivity contribution in [3.8, 4) is 6.07 Å². The average Bonchev–Trinajstić information content (AvgIpc) is 2.47. The number of aryl methyl sites for hydroxylation is 1. The summed E-state index contributed by atoms with van der Waals surface area (Å²) in [7, 11) is 0. The van der Waals surface area contributed by atoms with E-state index >= 15 is 0 Å². The molecule has 0 spiro atoms. The van der Waals surface area contributed by atoms with E-state index in [0.717, 1.165) is 10.7 Å². The van der Waals surface area contributed by atoms with Gasteiger partial charge >= 0.3 is 6.18 Å². The fraction of sp³-hybridized carbons (Fsp3) is 0.500. The van der Waals surface area contributed by atoms with Gasteiger partial charge in [-0.2, -0.15) is 23.5 Å². The summed E-state index contributed by atoms with van der Waals surface area (Å²) in [5, 5.41) is 11.7. The molecule has 1 aromatic heterocycles. The number of nitrogens with zero attached hydrogens (tertiary/aromatic N) is 3. The van der Waals surface area contributed by atoms with Gasteiger partial charge < -0.3 is 0 Å². The van der Waals surface area contributed by atoms with Gasteiger partial charge in [-0.3, -0.25) is 4.68 Å². The van der Waals surface area contributed by atoms with Gasteiger partial charge in [0, 0.05) is 5.69 Å². The molecule has 0 aromatic carbocycles. The highest BCUT2D eigenvalue weighted by Gasteiger charge is 2.34. The van der Waals surface area contributed by atoms with Crippen LogP contribution in [0.4, 0.5) is 13.2 Å². The normalized spacial score (nSPS) is 11.4. The predicted octanol–water partition coefficient (Wildman–Crippen LogP) is 1.99. The highest BCUT2D eigenvalue weighted by molar-refractivity contribution is 5.13. The smallest absolute Gasteiger partial charge is 0.255 e. The third kappa shape index (κ3) is 2.05. The number of hydrogen-bond donors (Lipinski definition) is 0. The van der Waals surface area contributed by atoms with Crippen LogP contribution in [0.5, 0.6) is 0 Å². The molecule has 0 amide bonds. The Bertz CT molecular complexity index is 359. The average molecular weight is 203 g/mol. The first-order valence-corrected chi connectivity index (χ1v) is 4.00. The summed E-state index contributed by atoms with van der Waals surface area (Å²) < 4.78 is 37.7. The van der Waals surface area contributed by atoms with Crippen molar-refractivity contribution in [2.45, 2.75) is 26.1 Å². The molecule has 0 saturated carbocycles. The second kappa shape index (κ2) is 3.70. The maximum absolute atomic E-state index is 12.2. The van der Waals surface area contributed by atoms with Crippen LogP contribution in [0.3, 0.4) is 0 Å². The van der Waals surface area contributed by atoms with E-state index in [9.17, 15) is 13.2 Å². The van der Waals surface area contributed by atoms with E-state index in [1.54, 1.807) is 13.0 Å². The van der Waals surface area contributed by atoms with Crippen molar-refractivity contribution in [1.29, 1.82) is 5.26 Å². The van der Waals surface area contributed by atoms with Crippen LogP contribution >= 0.6 is 0 Å². The van der Waals surface area contributed by atoms with Crippen LogP contribution in [0.15, 0.2) is 6.07 Å². The van der Waals surface area contributed by atoms with E-state index in [2.05, 4.69) is 5.10 Å². The summed E-state index contributed by atoms with van der Waals surface area (Å²) >= 11 is 0. The number of aromatic nitrogens is 2. The van der Waals surface area contributed by atoms with Crippen molar-refractivity contribution in [2.75, 3.05) is 0 Å². The van der Waals surface area contributed by atoms with Crippen molar-refractivity contribution >= 4 is 0 Å². The van der Waals surface area contributed by atoms with E-state index in [1.165, 1.54) is 0 Å². The molecule has 76 valence electrons. The Morgan fingerprint density at radius 2 is 2.21 bits per heavy atom. The van der Waals surface area contributed by atoms with Gasteiger partial charge in [0.15, 0.2) is 5.69 Å². The standard InChI is InChI=1S/C8H8F3N3/c1-2-6-5-7(8(9,10)11)13-14(6)4-3-12/h5H,2,4H2,1H3. The molecule has 0 N–H and O–H groups in total. The van der Waals surface area contributed by atoms with E-state index in [0.29, 0.717) is 12.1 Å². The monoisotopic (exact) mass is 203 g/mol. The fourth-order valence-corrected chi connectivity index (χ4v) is 1.08. The largest absolute Gasteiger partial charge is 0.435 e. The summed E-state index contributed by atoms with van der Waals surface area (Å²) in [5.41, 5.74) is -0.525. The zero-order valence-electron chi connectivity index (χ0n) is 7.47. The Morgan fingerprint density at radius 3 is 2.64 bits per heavy atom. The van der Waals surface area contributed by atoms with Crippen LogP contribution in [0.25, 0.3) is 0 Å². The van der Waals surface area contributed by atoms with Crippen molar-refractivity contribution in [2.24, 2.45) is 0 Å². The predicted molar refractivity (Wildman–Crippen MR) is 42.2 cm³/mol. The third-order valence-corrected chi connectivity index (χ3v) is 1.74. The molecule has 0 fully saturated rings. The van der Waals surface area contributed by atoms with E-state index in [4.69, 9.17) is 5.26 Å². The Kier molecular flexibility index (Phi) is 2.79. The lowest BCUT2D eigenvalue weighted by atomic mass is 10.3. The van der Waals surface area contributed by atoms with Crippen LogP contribution in [-0.2, 0) is 19.1 Å². The Hall–Kier alpha value is -1.51. The zero-order valence-corrected chi connectivity index (χ0v) is 7.47. The minimum absolute atomic E-state index is 0.154. The summed E-state index contributed by atoms with van der Waals surface area (Å²) in [6, 6.07) is 2.73. The number of halogens is 3. The highest BCUT2D eigenvalue weighted by atomic mass is 19.4. The molecule has 3 nitrogen and oxygen atoms in total. The second-order valence-electron chi connectivity index (χ2n) is 2.69. The highest BCUT2D eigenvalue weighted by Crippen LogP contribution is 2.28. The lowest BCUT2D eigenvalue weighted by Gasteiger charge is -2.00. The first-order valence-electron chi connectivity index (χ1n) is 4.00. The van der Waals surface area contributed by atoms with Gasteiger partial charge in [0.1, 0.15) is 6.54 Å². The molecule has 1 rings (SSSR count). The molecule has 0 atom stereocenters. The summed E-state index contributed by atoms with van der Waals surface area (Å²) in [4.78, 5) is 0. The molecule has 14 heavy (non-hydrogen) atoms. The summed E-state index contributed by atoms with van der Waals surface area (Å²) in [5.74, 6) is 0. The van der Waals surface area contributed by atoms with Gasteiger partial charge in [-0.25, -0.2) is 0 Å². The van der Waals surface area contributed by atoms with Gasteiger partial charge in [-0.05, 0) is 12.5 Å². The van der Waals surface area contributed by atoms with E-state index in [-0.39, 0.29) is 6.54 Å². The molecule has 0 aliphatic rings. The van der Waals surface area contributed by atoms with Crippen molar-refractivity contribution < 1.29 is 13.2 Å². The van der Waals surface area contributed by atoms with Crippen molar-refractivity contribution in [3.05, 3.63) is 17.5 Å². The fourth-order valence-electron chi connectivity index (χ4n) is 1.08. The SMILES string of the molecule is CCc1cc(C(F)(F)F)nn1CC#N. The summed E-state index contributed by atoms with van der Waals surface area (Å²) in [6.07, 6.45) is -4.02. The number of rotatable bonds is 2. The molecular weight excluding hydrogens is 195 g/mol. The van der Waals surface area contributed by atoms with Crippen LogP contribution in [0.2, 0.25) is 0 Å². The van der Waals surface area contributed by atoms with Crippen LogP contribution in [-0.4, -0.2) is 9.78 Å². The van der Waals surface area contributed by atoms with Crippen molar-refractivity contribution in [1.82, 2.24) is 9.78 Å². The van der Waals surface area contributed by atoms with Gasteiger partial charge in [-0.15, -0.1) is 0 Å². The molecule has 1 aromatic rings. The van der Waals surface area contributed by atoms with E-state index < -0.39 is 11.9 Å². The van der Waals surface area contributed by atoms with Gasteiger partial charge in [0.05, 0.1) is 6.07 Å². The zero-order chi connectivity index (χ0) is 10.8. The molecule has 0 saturated heterocycles. The lowest BCUT2D eigenvalue weighted by molar-refractivity contribution is -0.141. The van der Waals surface area contributed by atoms with E-state index in [1.807, 2.05) is 0 Å². The molecule has 6 heteroatoms. The maximum Gasteiger partial charge on any atom is 0.435 e. The first-order chi connectivity index (χ1) is 6.49. The molecular formula is C8H8F3N3. The first kappa shape index (κ1) is 10.6. The minimum atomic E-state index is -4.44. The number of nitriles is 1. The third-order valence-electron chi connectivity index (χ3n) is 1.74. The number of alkyl halides is 3. The molecule has 0 aliphatic heterocycles. The van der Waals surface area contributed by atoms with Crippen LogP contribution in [0.1, 0.15) is 18.3 Å². The Morgan fingerprint density at radius 1 is 1.57 bits per heavy atom. The minimum Gasteiger partial charge on any atom is -0.255 e.